The van der Waals surface area contributed by atoms with Crippen LogP contribution in [0.1, 0.15) is 31.4 Å². The standard InChI is InChI=1S/C16H18ClF3N2O2/c1-15(2)7-11(23)22(3)13(15)14(24)21-8-9-5-4-6-10(12(9)17)16(18,19)20/h4-6,13H,7-8H2,1-3H3,(H,21,24)/t13-/m1/s1. The Bertz CT molecular complexity index is 674. The summed E-state index contributed by atoms with van der Waals surface area (Å²) < 4.78 is 38.6. The van der Waals surface area contributed by atoms with Crippen LogP contribution in [0, 0.1) is 5.41 Å². The minimum atomic E-state index is -4.56. The van der Waals surface area contributed by atoms with Gasteiger partial charge in [0, 0.05) is 25.4 Å². The van der Waals surface area contributed by atoms with Crippen molar-refractivity contribution < 1.29 is 22.8 Å². The molecule has 1 aliphatic heterocycles. The number of nitrogens with one attached hydrogen (secondary N) is 1. The number of likely N-dealkylation sites (N-methyl/N-ethyl adjacent to an activating group) is 1. The number of likely N-dealkylation sites (tertiary alicyclic amines) is 1. The lowest BCUT2D eigenvalue weighted by Gasteiger charge is -2.28. The summed E-state index contributed by atoms with van der Waals surface area (Å²) in [4.78, 5) is 25.6. The number of benzene rings is 1. The number of carbonyl (C=O) groups is 2. The zero-order valence-electron chi connectivity index (χ0n) is 13.5. The maximum Gasteiger partial charge on any atom is 0.417 e. The fraction of sp³-hybridized carbons (Fsp3) is 0.500. The summed E-state index contributed by atoms with van der Waals surface area (Å²) in [6.07, 6.45) is -4.32. The Morgan fingerprint density at radius 2 is 2.04 bits per heavy atom. The van der Waals surface area contributed by atoms with Crippen molar-refractivity contribution in [2.24, 2.45) is 5.41 Å². The van der Waals surface area contributed by atoms with Gasteiger partial charge in [-0.25, -0.2) is 0 Å². The molecule has 0 saturated carbocycles. The van der Waals surface area contributed by atoms with E-state index in [9.17, 15) is 22.8 Å². The Hall–Kier alpha value is -1.76. The molecule has 1 N–H and O–H groups in total. The third-order valence-electron chi connectivity index (χ3n) is 4.21. The largest absolute Gasteiger partial charge is 0.417 e. The van der Waals surface area contributed by atoms with Gasteiger partial charge >= 0.3 is 6.18 Å². The second-order valence-electron chi connectivity index (χ2n) is 6.57. The molecule has 1 saturated heterocycles. The van der Waals surface area contributed by atoms with E-state index in [1.165, 1.54) is 17.0 Å². The van der Waals surface area contributed by atoms with Crippen molar-refractivity contribution in [3.63, 3.8) is 0 Å². The molecule has 0 bridgehead atoms. The van der Waals surface area contributed by atoms with Gasteiger partial charge in [-0.05, 0) is 11.6 Å². The normalized spacial score (nSPS) is 20.4. The molecule has 0 spiro atoms. The lowest BCUT2D eigenvalue weighted by molar-refractivity contribution is -0.137. The van der Waals surface area contributed by atoms with Crippen molar-refractivity contribution in [1.82, 2.24) is 10.2 Å². The Balaban J connectivity index is 2.14. The van der Waals surface area contributed by atoms with Gasteiger partial charge in [-0.2, -0.15) is 13.2 Å². The second-order valence-corrected chi connectivity index (χ2v) is 6.94. The third kappa shape index (κ3) is 3.50. The lowest BCUT2D eigenvalue weighted by atomic mass is 9.84. The lowest BCUT2D eigenvalue weighted by Crippen LogP contribution is -2.48. The monoisotopic (exact) mass is 362 g/mol. The molecule has 0 aromatic heterocycles. The van der Waals surface area contributed by atoms with Crippen LogP contribution < -0.4 is 5.32 Å². The summed E-state index contributed by atoms with van der Waals surface area (Å²) in [5, 5.41) is 2.15. The fourth-order valence-electron chi connectivity index (χ4n) is 3.02. The highest BCUT2D eigenvalue weighted by molar-refractivity contribution is 6.32. The predicted molar refractivity (Wildman–Crippen MR) is 83.3 cm³/mol. The summed E-state index contributed by atoms with van der Waals surface area (Å²) in [6, 6.07) is 2.88. The summed E-state index contributed by atoms with van der Waals surface area (Å²) in [5.74, 6) is -0.556. The van der Waals surface area contributed by atoms with Crippen LogP contribution in [0.25, 0.3) is 0 Å². The van der Waals surface area contributed by atoms with Gasteiger partial charge in [0.1, 0.15) is 6.04 Å². The maximum absolute atomic E-state index is 12.9. The third-order valence-corrected chi connectivity index (χ3v) is 4.66. The number of rotatable bonds is 3. The molecule has 1 aliphatic rings. The Labute approximate surface area is 143 Å². The zero-order valence-corrected chi connectivity index (χ0v) is 14.3. The van der Waals surface area contributed by atoms with Gasteiger partial charge in [0.25, 0.3) is 0 Å². The van der Waals surface area contributed by atoms with Crippen molar-refractivity contribution in [3.8, 4) is 0 Å². The van der Waals surface area contributed by atoms with Gasteiger partial charge in [-0.15, -0.1) is 0 Å². The fourth-order valence-corrected chi connectivity index (χ4v) is 3.32. The van der Waals surface area contributed by atoms with Crippen molar-refractivity contribution in [2.45, 2.75) is 39.0 Å². The number of amides is 2. The van der Waals surface area contributed by atoms with E-state index >= 15 is 0 Å². The van der Waals surface area contributed by atoms with Crippen LogP contribution in [0.3, 0.4) is 0 Å². The molecule has 132 valence electrons. The molecule has 2 rings (SSSR count). The molecule has 1 atom stereocenters. The highest BCUT2D eigenvalue weighted by atomic mass is 35.5. The van der Waals surface area contributed by atoms with Crippen LogP contribution in [0.2, 0.25) is 5.02 Å². The Morgan fingerprint density at radius 1 is 1.42 bits per heavy atom. The molecule has 1 aromatic carbocycles. The molecular weight excluding hydrogens is 345 g/mol. The van der Waals surface area contributed by atoms with E-state index in [-0.39, 0.29) is 24.4 Å². The first kappa shape index (κ1) is 18.6. The van der Waals surface area contributed by atoms with E-state index in [1.54, 1.807) is 20.9 Å². The Morgan fingerprint density at radius 3 is 2.54 bits per heavy atom. The number of hydrogen-bond acceptors (Lipinski definition) is 2. The first-order valence-corrected chi connectivity index (χ1v) is 7.71. The number of hydrogen-bond donors (Lipinski definition) is 1. The van der Waals surface area contributed by atoms with Gasteiger partial charge < -0.3 is 10.2 Å². The van der Waals surface area contributed by atoms with E-state index in [4.69, 9.17) is 11.6 Å². The van der Waals surface area contributed by atoms with Gasteiger partial charge in [0.05, 0.1) is 10.6 Å². The second kappa shape index (κ2) is 6.27. The molecule has 2 amide bonds. The molecule has 1 heterocycles. The summed E-state index contributed by atoms with van der Waals surface area (Å²) in [7, 11) is 1.54. The molecule has 4 nitrogen and oxygen atoms in total. The summed E-state index contributed by atoms with van der Waals surface area (Å²) in [5.41, 5.74) is -1.32. The van der Waals surface area contributed by atoms with E-state index < -0.39 is 34.1 Å². The van der Waals surface area contributed by atoms with Crippen LogP contribution in [0.15, 0.2) is 18.2 Å². The van der Waals surface area contributed by atoms with Gasteiger partial charge in [-0.1, -0.05) is 37.6 Å². The predicted octanol–water partition coefficient (Wildman–Crippen LogP) is 3.23. The van der Waals surface area contributed by atoms with Crippen LogP contribution >= 0.6 is 11.6 Å². The quantitative estimate of drug-likeness (QED) is 0.897. The van der Waals surface area contributed by atoms with E-state index in [0.29, 0.717) is 0 Å². The van der Waals surface area contributed by atoms with Crippen molar-refractivity contribution in [2.75, 3.05) is 7.05 Å². The molecule has 0 radical (unpaired) electrons. The summed E-state index contributed by atoms with van der Waals surface area (Å²) >= 11 is 5.81. The average molecular weight is 363 g/mol. The van der Waals surface area contributed by atoms with Gasteiger partial charge in [0.15, 0.2) is 0 Å². The van der Waals surface area contributed by atoms with Crippen LogP contribution in [-0.2, 0) is 22.3 Å². The first-order valence-electron chi connectivity index (χ1n) is 7.33. The molecule has 0 aliphatic carbocycles. The van der Waals surface area contributed by atoms with Crippen LogP contribution in [-0.4, -0.2) is 29.8 Å². The highest BCUT2D eigenvalue weighted by Crippen LogP contribution is 2.37. The number of nitrogens with zero attached hydrogens (tertiary/aromatic N) is 1. The van der Waals surface area contributed by atoms with E-state index in [2.05, 4.69) is 5.32 Å². The summed E-state index contributed by atoms with van der Waals surface area (Å²) in [6.45, 7) is 3.46. The molecular formula is C16H18ClF3N2O2. The molecule has 1 aromatic rings. The number of halogens is 4. The smallest absolute Gasteiger partial charge is 0.350 e. The number of alkyl halides is 3. The molecule has 0 unspecified atom stereocenters. The first-order chi connectivity index (χ1) is 10.9. The zero-order chi connectivity index (χ0) is 18.3. The van der Waals surface area contributed by atoms with Crippen molar-refractivity contribution >= 4 is 23.4 Å². The minimum absolute atomic E-state index is 0.141. The van der Waals surface area contributed by atoms with Crippen molar-refractivity contribution in [1.29, 1.82) is 0 Å². The topological polar surface area (TPSA) is 49.4 Å². The van der Waals surface area contributed by atoms with Crippen LogP contribution in [0.4, 0.5) is 13.2 Å². The molecule has 1 fully saturated rings. The molecule has 8 heteroatoms. The maximum atomic E-state index is 12.9. The van der Waals surface area contributed by atoms with Crippen molar-refractivity contribution in [3.05, 3.63) is 34.3 Å². The van der Waals surface area contributed by atoms with E-state index in [0.717, 1.165) is 6.07 Å². The van der Waals surface area contributed by atoms with Crippen LogP contribution in [0.5, 0.6) is 0 Å². The van der Waals surface area contributed by atoms with Gasteiger partial charge in [-0.3, -0.25) is 9.59 Å². The minimum Gasteiger partial charge on any atom is -0.350 e. The Kier molecular flexibility index (Phi) is 4.86. The van der Waals surface area contributed by atoms with Gasteiger partial charge in [0.2, 0.25) is 11.8 Å². The molecule has 24 heavy (non-hydrogen) atoms. The average Bonchev–Trinajstić information content (AvgIpc) is 2.64. The highest BCUT2D eigenvalue weighted by Gasteiger charge is 2.47. The van der Waals surface area contributed by atoms with E-state index in [1.807, 2.05) is 0 Å². The SMILES string of the molecule is CN1C(=O)CC(C)(C)[C@H]1C(=O)NCc1cccc(C(F)(F)F)c1Cl. The number of carbonyl (C=O) groups excluding carboxylic acids is 2.